The zero-order chi connectivity index (χ0) is 12.8. The Morgan fingerprint density at radius 1 is 1.44 bits per heavy atom. The molecule has 18 heavy (non-hydrogen) atoms. The van der Waals surface area contributed by atoms with Crippen molar-refractivity contribution < 1.29 is 4.39 Å². The number of aromatic nitrogens is 1. The van der Waals surface area contributed by atoms with Crippen molar-refractivity contribution in [1.82, 2.24) is 4.98 Å². The maximum Gasteiger partial charge on any atom is 0.124 e. The van der Waals surface area contributed by atoms with Crippen molar-refractivity contribution in [1.29, 1.82) is 0 Å². The maximum atomic E-state index is 13.2. The molecule has 2 nitrogen and oxygen atoms in total. The first-order valence-electron chi connectivity index (χ1n) is 6.42. The van der Waals surface area contributed by atoms with Gasteiger partial charge < -0.3 is 5.73 Å². The van der Waals surface area contributed by atoms with E-state index in [0.717, 1.165) is 28.1 Å². The van der Waals surface area contributed by atoms with Gasteiger partial charge in [0.25, 0.3) is 0 Å². The number of nitrogens with two attached hydrogens (primary N) is 1. The van der Waals surface area contributed by atoms with Gasteiger partial charge in [-0.25, -0.2) is 9.37 Å². The summed E-state index contributed by atoms with van der Waals surface area (Å²) in [6.45, 7) is 2.20. The van der Waals surface area contributed by atoms with Gasteiger partial charge in [0.2, 0.25) is 0 Å². The van der Waals surface area contributed by atoms with Crippen molar-refractivity contribution in [3.63, 3.8) is 0 Å². The van der Waals surface area contributed by atoms with E-state index in [1.54, 1.807) is 23.5 Å². The summed E-state index contributed by atoms with van der Waals surface area (Å²) in [5.74, 6) is -0.198. The molecule has 1 heterocycles. The van der Waals surface area contributed by atoms with Crippen LogP contribution in [0.25, 0.3) is 10.2 Å². The van der Waals surface area contributed by atoms with E-state index in [2.05, 4.69) is 11.9 Å². The summed E-state index contributed by atoms with van der Waals surface area (Å²) in [7, 11) is 0. The number of benzene rings is 1. The minimum atomic E-state index is -0.198. The summed E-state index contributed by atoms with van der Waals surface area (Å²) < 4.78 is 14.1. The SMILES string of the molecule is CC1(c2nc3ccc(F)cc3s2)CCCCC1N. The largest absolute Gasteiger partial charge is 0.327 e. The molecule has 2 atom stereocenters. The van der Waals surface area contributed by atoms with E-state index in [-0.39, 0.29) is 17.3 Å². The van der Waals surface area contributed by atoms with Crippen LogP contribution in [0.3, 0.4) is 0 Å². The zero-order valence-electron chi connectivity index (χ0n) is 10.4. The highest BCUT2D eigenvalue weighted by Crippen LogP contribution is 2.41. The van der Waals surface area contributed by atoms with Crippen LogP contribution >= 0.6 is 11.3 Å². The van der Waals surface area contributed by atoms with Crippen LogP contribution in [0, 0.1) is 5.82 Å². The molecule has 1 aliphatic carbocycles. The van der Waals surface area contributed by atoms with Crippen molar-refractivity contribution in [3.05, 3.63) is 29.0 Å². The van der Waals surface area contributed by atoms with Crippen molar-refractivity contribution in [2.24, 2.45) is 5.73 Å². The fourth-order valence-electron chi connectivity index (χ4n) is 2.77. The van der Waals surface area contributed by atoms with Crippen molar-refractivity contribution in [2.75, 3.05) is 0 Å². The van der Waals surface area contributed by atoms with Crippen LogP contribution in [0.1, 0.15) is 37.6 Å². The first-order chi connectivity index (χ1) is 8.59. The summed E-state index contributed by atoms with van der Waals surface area (Å²) >= 11 is 1.59. The molecule has 0 amide bonds. The monoisotopic (exact) mass is 264 g/mol. The van der Waals surface area contributed by atoms with Crippen LogP contribution in [0.5, 0.6) is 0 Å². The van der Waals surface area contributed by atoms with Crippen LogP contribution in [0.15, 0.2) is 18.2 Å². The Hall–Kier alpha value is -1.00. The lowest BCUT2D eigenvalue weighted by atomic mass is 9.72. The number of hydrogen-bond acceptors (Lipinski definition) is 3. The summed E-state index contributed by atoms with van der Waals surface area (Å²) in [6.07, 6.45) is 4.54. The minimum Gasteiger partial charge on any atom is -0.327 e. The van der Waals surface area contributed by atoms with E-state index < -0.39 is 0 Å². The quantitative estimate of drug-likeness (QED) is 0.854. The highest BCUT2D eigenvalue weighted by molar-refractivity contribution is 7.18. The number of rotatable bonds is 1. The zero-order valence-corrected chi connectivity index (χ0v) is 11.3. The first-order valence-corrected chi connectivity index (χ1v) is 7.23. The molecule has 0 radical (unpaired) electrons. The molecule has 96 valence electrons. The van der Waals surface area contributed by atoms with Gasteiger partial charge in [0, 0.05) is 11.5 Å². The summed E-state index contributed by atoms with van der Waals surface area (Å²) in [4.78, 5) is 4.67. The van der Waals surface area contributed by atoms with E-state index >= 15 is 0 Å². The summed E-state index contributed by atoms with van der Waals surface area (Å²) in [5.41, 5.74) is 7.13. The Balaban J connectivity index is 2.07. The van der Waals surface area contributed by atoms with Gasteiger partial charge in [-0.3, -0.25) is 0 Å². The third-order valence-corrected chi connectivity index (χ3v) is 5.42. The van der Waals surface area contributed by atoms with E-state index in [9.17, 15) is 4.39 Å². The molecule has 2 unspecified atom stereocenters. The molecule has 2 aromatic rings. The maximum absolute atomic E-state index is 13.2. The summed E-state index contributed by atoms with van der Waals surface area (Å²) in [6, 6.07) is 4.95. The van der Waals surface area contributed by atoms with Crippen molar-refractivity contribution >= 4 is 21.6 Å². The third kappa shape index (κ3) is 1.84. The number of halogens is 1. The van der Waals surface area contributed by atoms with Gasteiger partial charge in [-0.1, -0.05) is 19.8 Å². The van der Waals surface area contributed by atoms with Gasteiger partial charge in [0.15, 0.2) is 0 Å². The number of fused-ring (bicyclic) bond motifs is 1. The van der Waals surface area contributed by atoms with E-state index in [1.165, 1.54) is 18.9 Å². The van der Waals surface area contributed by atoms with Gasteiger partial charge >= 0.3 is 0 Å². The molecule has 0 saturated heterocycles. The molecule has 3 rings (SSSR count). The van der Waals surface area contributed by atoms with E-state index in [1.807, 2.05) is 0 Å². The van der Waals surface area contributed by atoms with E-state index in [4.69, 9.17) is 5.73 Å². The van der Waals surface area contributed by atoms with Crippen LogP contribution in [-0.4, -0.2) is 11.0 Å². The molecular formula is C14H17FN2S. The molecule has 4 heteroatoms. The average molecular weight is 264 g/mol. The van der Waals surface area contributed by atoms with Crippen LogP contribution in [0.4, 0.5) is 4.39 Å². The second-order valence-corrected chi connectivity index (χ2v) is 6.43. The number of nitrogens with zero attached hydrogens (tertiary/aromatic N) is 1. The molecule has 0 spiro atoms. The lowest BCUT2D eigenvalue weighted by Gasteiger charge is -2.37. The Morgan fingerprint density at radius 3 is 3.06 bits per heavy atom. The second kappa shape index (κ2) is 4.28. The molecule has 2 N–H and O–H groups in total. The molecule has 0 bridgehead atoms. The first kappa shape index (κ1) is 12.1. The van der Waals surface area contributed by atoms with E-state index in [0.29, 0.717) is 0 Å². The standard InChI is InChI=1S/C14H17FN2S/c1-14(7-3-2-4-12(14)16)13-17-10-6-5-9(15)8-11(10)18-13/h5-6,8,12H,2-4,7,16H2,1H3. The normalized spacial score (nSPS) is 28.7. The minimum absolute atomic E-state index is 0.0432. The van der Waals surface area contributed by atoms with Gasteiger partial charge in [0.05, 0.1) is 10.2 Å². The lowest BCUT2D eigenvalue weighted by Crippen LogP contribution is -2.45. The molecule has 1 aromatic heterocycles. The number of thiazole rings is 1. The fourth-order valence-corrected chi connectivity index (χ4v) is 4.00. The predicted octanol–water partition coefficient (Wildman–Crippen LogP) is 3.59. The molecule has 0 aliphatic heterocycles. The average Bonchev–Trinajstić information content (AvgIpc) is 2.76. The molecule has 1 fully saturated rings. The smallest absolute Gasteiger partial charge is 0.124 e. The van der Waals surface area contributed by atoms with Gasteiger partial charge in [-0.15, -0.1) is 11.3 Å². The van der Waals surface area contributed by atoms with Crippen LogP contribution in [-0.2, 0) is 5.41 Å². The Kier molecular flexibility index (Phi) is 2.87. The van der Waals surface area contributed by atoms with Crippen LogP contribution < -0.4 is 5.73 Å². The van der Waals surface area contributed by atoms with Gasteiger partial charge in [-0.05, 0) is 31.0 Å². The number of hydrogen-bond donors (Lipinski definition) is 1. The third-order valence-electron chi connectivity index (χ3n) is 4.12. The fraction of sp³-hybridized carbons (Fsp3) is 0.500. The Bertz CT molecular complexity index is 580. The topological polar surface area (TPSA) is 38.9 Å². The van der Waals surface area contributed by atoms with Crippen molar-refractivity contribution in [2.45, 2.75) is 44.1 Å². The predicted molar refractivity (Wildman–Crippen MR) is 73.4 cm³/mol. The molecule has 1 aromatic carbocycles. The summed E-state index contributed by atoms with van der Waals surface area (Å²) in [5, 5.41) is 1.07. The van der Waals surface area contributed by atoms with Crippen LogP contribution in [0.2, 0.25) is 0 Å². The Morgan fingerprint density at radius 2 is 2.28 bits per heavy atom. The molecular weight excluding hydrogens is 247 g/mol. The van der Waals surface area contributed by atoms with Gasteiger partial charge in [-0.2, -0.15) is 0 Å². The molecule has 1 saturated carbocycles. The lowest BCUT2D eigenvalue weighted by molar-refractivity contribution is 0.271. The molecule has 1 aliphatic rings. The highest BCUT2D eigenvalue weighted by Gasteiger charge is 2.38. The second-order valence-electron chi connectivity index (χ2n) is 5.40. The highest BCUT2D eigenvalue weighted by atomic mass is 32.1. The van der Waals surface area contributed by atoms with Crippen molar-refractivity contribution in [3.8, 4) is 0 Å². The van der Waals surface area contributed by atoms with Gasteiger partial charge in [0.1, 0.15) is 10.8 Å². The Labute approximate surface area is 110 Å².